The summed E-state index contributed by atoms with van der Waals surface area (Å²) in [4.78, 5) is 37.7. The second-order valence-electron chi connectivity index (χ2n) is 5.84. The predicted octanol–water partition coefficient (Wildman–Crippen LogP) is 2.75. The number of nitrogens with zero attached hydrogens (tertiary/aromatic N) is 1. The molecule has 0 aromatic heterocycles. The lowest BCUT2D eigenvalue weighted by Crippen LogP contribution is -2.43. The third kappa shape index (κ3) is 5.01. The molecule has 0 radical (unpaired) electrons. The van der Waals surface area contributed by atoms with Gasteiger partial charge in [-0.05, 0) is 18.6 Å². The molecular formula is C17H21NO4S2. The molecule has 130 valence electrons. The molecule has 2 unspecified atom stereocenters. The monoisotopic (exact) mass is 367 g/mol. The van der Waals surface area contributed by atoms with Gasteiger partial charge in [0.15, 0.2) is 5.12 Å². The third-order valence-electron chi connectivity index (χ3n) is 3.83. The number of amides is 1. The van der Waals surface area contributed by atoms with Gasteiger partial charge in [-0.3, -0.25) is 9.59 Å². The van der Waals surface area contributed by atoms with Gasteiger partial charge in [0.2, 0.25) is 5.91 Å². The number of likely N-dealkylation sites (tertiary alicyclic amines) is 1. The molecule has 0 bridgehead atoms. The van der Waals surface area contributed by atoms with E-state index in [-0.39, 0.29) is 22.2 Å². The Balaban J connectivity index is 2.03. The maximum Gasteiger partial charge on any atom is 0.326 e. The van der Waals surface area contributed by atoms with Crippen LogP contribution in [0.1, 0.15) is 20.3 Å². The van der Waals surface area contributed by atoms with Crippen LogP contribution in [0, 0.1) is 5.92 Å². The van der Waals surface area contributed by atoms with Crippen LogP contribution in [-0.2, 0) is 14.4 Å². The van der Waals surface area contributed by atoms with Crippen LogP contribution in [0.25, 0.3) is 0 Å². The summed E-state index contributed by atoms with van der Waals surface area (Å²) >= 11 is 2.71. The summed E-state index contributed by atoms with van der Waals surface area (Å²) in [6.07, 6.45) is 0.438. The Hall–Kier alpha value is -1.47. The van der Waals surface area contributed by atoms with E-state index < -0.39 is 12.0 Å². The van der Waals surface area contributed by atoms with Gasteiger partial charge in [0.05, 0.1) is 0 Å². The van der Waals surface area contributed by atoms with Crippen molar-refractivity contribution < 1.29 is 19.5 Å². The van der Waals surface area contributed by atoms with E-state index in [1.54, 1.807) is 18.7 Å². The molecular weight excluding hydrogens is 346 g/mol. The maximum atomic E-state index is 12.6. The van der Waals surface area contributed by atoms with Crippen LogP contribution in [0.5, 0.6) is 0 Å². The largest absolute Gasteiger partial charge is 0.480 e. The van der Waals surface area contributed by atoms with Crippen LogP contribution in [0.3, 0.4) is 0 Å². The molecule has 7 heteroatoms. The SMILES string of the molecule is CC(=O)SCC(C)C(=O)N1CC(Sc2ccccc2)C[C@H]1C(=O)O. The van der Waals surface area contributed by atoms with E-state index in [0.717, 1.165) is 16.7 Å². The van der Waals surface area contributed by atoms with Crippen molar-refractivity contribution >= 4 is 40.5 Å². The molecule has 3 atom stereocenters. The Morgan fingerprint density at radius 1 is 1.29 bits per heavy atom. The van der Waals surface area contributed by atoms with Crippen LogP contribution in [-0.4, -0.2) is 50.6 Å². The van der Waals surface area contributed by atoms with E-state index in [4.69, 9.17) is 0 Å². The molecule has 0 spiro atoms. The molecule has 1 heterocycles. The summed E-state index contributed by atoms with van der Waals surface area (Å²) in [5, 5.41) is 9.48. The summed E-state index contributed by atoms with van der Waals surface area (Å²) in [5.41, 5.74) is 0. The van der Waals surface area contributed by atoms with Gasteiger partial charge >= 0.3 is 5.97 Å². The highest BCUT2D eigenvalue weighted by Crippen LogP contribution is 2.33. The van der Waals surface area contributed by atoms with Crippen LogP contribution in [0.2, 0.25) is 0 Å². The van der Waals surface area contributed by atoms with Gasteiger partial charge in [-0.25, -0.2) is 4.79 Å². The number of aliphatic carboxylic acids is 1. The average molecular weight is 367 g/mol. The summed E-state index contributed by atoms with van der Waals surface area (Å²) < 4.78 is 0. The van der Waals surface area contributed by atoms with Crippen molar-refractivity contribution in [1.82, 2.24) is 4.90 Å². The molecule has 2 rings (SSSR count). The molecule has 1 saturated heterocycles. The zero-order valence-electron chi connectivity index (χ0n) is 13.7. The highest BCUT2D eigenvalue weighted by atomic mass is 32.2. The van der Waals surface area contributed by atoms with Crippen LogP contribution in [0.4, 0.5) is 0 Å². The first-order valence-corrected chi connectivity index (χ1v) is 9.63. The van der Waals surface area contributed by atoms with E-state index >= 15 is 0 Å². The predicted molar refractivity (Wildman–Crippen MR) is 96.1 cm³/mol. The van der Waals surface area contributed by atoms with Gasteiger partial charge in [0.25, 0.3) is 0 Å². The number of benzene rings is 1. The molecule has 5 nitrogen and oxygen atoms in total. The van der Waals surface area contributed by atoms with E-state index in [2.05, 4.69) is 0 Å². The quantitative estimate of drug-likeness (QED) is 0.833. The Kier molecular flexibility index (Phi) is 6.74. The molecule has 1 N–H and O–H groups in total. The second kappa shape index (κ2) is 8.58. The zero-order valence-corrected chi connectivity index (χ0v) is 15.3. The number of carboxylic acids is 1. The van der Waals surface area contributed by atoms with Crippen molar-refractivity contribution in [2.45, 2.75) is 36.5 Å². The van der Waals surface area contributed by atoms with E-state index in [1.807, 2.05) is 30.3 Å². The lowest BCUT2D eigenvalue weighted by molar-refractivity contribution is -0.149. The lowest BCUT2D eigenvalue weighted by atomic mass is 10.1. The van der Waals surface area contributed by atoms with Gasteiger partial charge in [0, 0.05) is 35.3 Å². The van der Waals surface area contributed by atoms with Gasteiger partial charge in [0.1, 0.15) is 6.04 Å². The van der Waals surface area contributed by atoms with Crippen molar-refractivity contribution in [3.05, 3.63) is 30.3 Å². The zero-order chi connectivity index (χ0) is 17.7. The summed E-state index contributed by atoms with van der Waals surface area (Å²) in [7, 11) is 0. The van der Waals surface area contributed by atoms with Crippen molar-refractivity contribution in [2.75, 3.05) is 12.3 Å². The first kappa shape index (κ1) is 18.9. The molecule has 1 fully saturated rings. The molecule has 1 amide bonds. The van der Waals surface area contributed by atoms with Gasteiger partial charge in [-0.15, -0.1) is 11.8 Å². The van der Waals surface area contributed by atoms with Crippen molar-refractivity contribution in [1.29, 1.82) is 0 Å². The average Bonchev–Trinajstić information content (AvgIpc) is 2.96. The normalized spacial score (nSPS) is 21.5. The molecule has 1 aromatic carbocycles. The fourth-order valence-electron chi connectivity index (χ4n) is 2.65. The molecule has 1 aliphatic rings. The minimum Gasteiger partial charge on any atom is -0.480 e. The minimum absolute atomic E-state index is 0.0385. The number of hydrogen-bond acceptors (Lipinski definition) is 5. The van der Waals surface area contributed by atoms with E-state index in [1.165, 1.54) is 11.8 Å². The fourth-order valence-corrected chi connectivity index (χ4v) is 4.49. The first-order chi connectivity index (χ1) is 11.4. The number of hydrogen-bond donors (Lipinski definition) is 1. The number of rotatable bonds is 6. The number of carbonyl (C=O) groups is 3. The number of carbonyl (C=O) groups excluding carboxylic acids is 2. The van der Waals surface area contributed by atoms with Gasteiger partial charge < -0.3 is 10.0 Å². The number of carboxylic acid groups (broad SMARTS) is 1. The maximum absolute atomic E-state index is 12.6. The first-order valence-electron chi connectivity index (χ1n) is 7.77. The summed E-state index contributed by atoms with van der Waals surface area (Å²) in [6.45, 7) is 3.63. The molecule has 1 aliphatic heterocycles. The summed E-state index contributed by atoms with van der Waals surface area (Å²) in [5.74, 6) is -1.15. The Morgan fingerprint density at radius 3 is 2.54 bits per heavy atom. The molecule has 24 heavy (non-hydrogen) atoms. The third-order valence-corrected chi connectivity index (χ3v) is 6.13. The Morgan fingerprint density at radius 2 is 1.96 bits per heavy atom. The van der Waals surface area contributed by atoms with Crippen LogP contribution in [0.15, 0.2) is 35.2 Å². The second-order valence-corrected chi connectivity index (χ2v) is 8.41. The van der Waals surface area contributed by atoms with E-state index in [9.17, 15) is 19.5 Å². The summed E-state index contributed by atoms with van der Waals surface area (Å²) in [6, 6.07) is 8.99. The van der Waals surface area contributed by atoms with Gasteiger partial charge in [-0.2, -0.15) is 0 Å². The Labute approximate surface area is 150 Å². The Bertz CT molecular complexity index is 608. The van der Waals surface area contributed by atoms with Crippen molar-refractivity contribution in [3.63, 3.8) is 0 Å². The van der Waals surface area contributed by atoms with Crippen LogP contribution >= 0.6 is 23.5 Å². The minimum atomic E-state index is -0.967. The highest BCUT2D eigenvalue weighted by Gasteiger charge is 2.41. The number of thioether (sulfide) groups is 2. The van der Waals surface area contributed by atoms with Gasteiger partial charge in [-0.1, -0.05) is 36.9 Å². The van der Waals surface area contributed by atoms with Crippen molar-refractivity contribution in [3.8, 4) is 0 Å². The fraction of sp³-hybridized carbons (Fsp3) is 0.471. The van der Waals surface area contributed by atoms with E-state index in [0.29, 0.717) is 18.7 Å². The van der Waals surface area contributed by atoms with Crippen molar-refractivity contribution in [2.24, 2.45) is 5.92 Å². The molecule has 1 aromatic rings. The highest BCUT2D eigenvalue weighted by molar-refractivity contribution is 8.13. The molecule has 0 aliphatic carbocycles. The lowest BCUT2D eigenvalue weighted by Gasteiger charge is -2.24. The smallest absolute Gasteiger partial charge is 0.326 e. The molecule has 0 saturated carbocycles. The topological polar surface area (TPSA) is 74.7 Å². The standard InChI is InChI=1S/C17H21NO4S2/c1-11(10-23-12(2)19)16(20)18-9-14(8-15(18)17(21)22)24-13-6-4-3-5-7-13/h3-7,11,14-15H,8-10H2,1-2H3,(H,21,22)/t11?,14?,15-/m0/s1. The van der Waals surface area contributed by atoms with Crippen LogP contribution < -0.4 is 0 Å².